The summed E-state index contributed by atoms with van der Waals surface area (Å²) in [6, 6.07) is -0.0358. The number of carbonyl (C=O) groups excluding carboxylic acids is 1. The first-order valence-corrected chi connectivity index (χ1v) is 9.23. The monoisotopic (exact) mass is 356 g/mol. The van der Waals surface area contributed by atoms with Crippen LogP contribution in [0.5, 0.6) is 0 Å². The summed E-state index contributed by atoms with van der Waals surface area (Å²) in [5, 5.41) is 4.07. The lowest BCUT2D eigenvalue weighted by Gasteiger charge is -2.28. The molecule has 1 aliphatic rings. The maximum atomic E-state index is 12.9. The third-order valence-electron chi connectivity index (χ3n) is 4.91. The quantitative estimate of drug-likeness (QED) is 0.826. The Bertz CT molecular complexity index is 820. The predicted octanol–water partition coefficient (Wildman–Crippen LogP) is 4.16. The van der Waals surface area contributed by atoms with E-state index in [4.69, 9.17) is 9.51 Å². The maximum absolute atomic E-state index is 12.9. The second-order valence-electron chi connectivity index (χ2n) is 8.42. The van der Waals surface area contributed by atoms with Crippen molar-refractivity contribution in [3.63, 3.8) is 0 Å². The molecule has 0 radical (unpaired) electrons. The molecule has 6 heteroatoms. The summed E-state index contributed by atoms with van der Waals surface area (Å²) in [6.45, 7) is 12.8. The Labute approximate surface area is 155 Å². The number of nitrogens with zero attached hydrogens (tertiary/aromatic N) is 4. The molecule has 0 N–H and O–H groups in total. The molecule has 0 aliphatic carbocycles. The largest absolute Gasteiger partial charge is 0.356 e. The highest BCUT2D eigenvalue weighted by Gasteiger charge is 2.35. The smallest absolute Gasteiger partial charge is 0.223 e. The number of aryl methyl sites for hydroxylation is 2. The highest BCUT2D eigenvalue weighted by atomic mass is 16.5. The minimum Gasteiger partial charge on any atom is -0.356 e. The van der Waals surface area contributed by atoms with E-state index in [9.17, 15) is 4.79 Å². The van der Waals surface area contributed by atoms with Gasteiger partial charge in [0.25, 0.3) is 0 Å². The van der Waals surface area contributed by atoms with Gasteiger partial charge in [-0.25, -0.2) is 9.97 Å². The summed E-state index contributed by atoms with van der Waals surface area (Å²) in [7, 11) is 0. The Morgan fingerprint density at radius 2 is 2.04 bits per heavy atom. The zero-order chi connectivity index (χ0) is 19.1. The average molecular weight is 356 g/mol. The van der Waals surface area contributed by atoms with Crippen LogP contribution in [0.1, 0.15) is 68.9 Å². The number of aromatic nitrogens is 3. The third-order valence-corrected chi connectivity index (χ3v) is 4.91. The molecule has 0 saturated carbocycles. The second kappa shape index (κ2) is 6.82. The molecule has 1 atom stereocenters. The highest BCUT2D eigenvalue weighted by Crippen LogP contribution is 2.38. The van der Waals surface area contributed by atoms with Crippen LogP contribution in [0.2, 0.25) is 0 Å². The fraction of sp³-hybridized carbons (Fsp3) is 0.600. The van der Waals surface area contributed by atoms with E-state index in [2.05, 4.69) is 30.9 Å². The molecule has 0 bridgehead atoms. The summed E-state index contributed by atoms with van der Waals surface area (Å²) in [4.78, 5) is 24.0. The Morgan fingerprint density at radius 3 is 2.65 bits per heavy atom. The fourth-order valence-corrected chi connectivity index (χ4v) is 3.49. The van der Waals surface area contributed by atoms with E-state index in [1.54, 1.807) is 6.20 Å². The standard InChI is InChI=1S/C20H28N4O2/c1-12-13(2)23-26-19(12)15-11-21-14(3)22-18(15)16-8-7-9-24(16)17(25)10-20(4,5)6/h11,16H,7-10H2,1-6H3/t16-/m1/s1. The second-order valence-corrected chi connectivity index (χ2v) is 8.42. The SMILES string of the molecule is Cc1ncc(-c2onc(C)c2C)c([C@H]2CCCN2C(=O)CC(C)(C)C)n1. The molecule has 1 fully saturated rings. The molecular formula is C20H28N4O2. The van der Waals surface area contributed by atoms with Crippen molar-refractivity contribution in [3.05, 3.63) is 29.0 Å². The molecule has 0 spiro atoms. The third kappa shape index (κ3) is 3.64. The van der Waals surface area contributed by atoms with E-state index in [0.717, 1.165) is 41.9 Å². The van der Waals surface area contributed by atoms with Crippen molar-refractivity contribution in [2.24, 2.45) is 5.41 Å². The van der Waals surface area contributed by atoms with Crippen molar-refractivity contribution < 1.29 is 9.32 Å². The lowest BCUT2D eigenvalue weighted by Crippen LogP contribution is -2.33. The Kier molecular flexibility index (Phi) is 4.86. The van der Waals surface area contributed by atoms with Gasteiger partial charge in [-0.05, 0) is 39.0 Å². The molecule has 2 aromatic rings. The van der Waals surface area contributed by atoms with Crippen LogP contribution in [0.25, 0.3) is 11.3 Å². The van der Waals surface area contributed by atoms with Crippen molar-refractivity contribution in [1.82, 2.24) is 20.0 Å². The maximum Gasteiger partial charge on any atom is 0.223 e. The minimum absolute atomic E-state index is 0.0345. The predicted molar refractivity (Wildman–Crippen MR) is 99.5 cm³/mol. The molecule has 140 valence electrons. The van der Waals surface area contributed by atoms with E-state index in [0.29, 0.717) is 18.0 Å². The molecule has 3 rings (SSSR count). The molecule has 1 saturated heterocycles. The van der Waals surface area contributed by atoms with Crippen LogP contribution in [-0.4, -0.2) is 32.5 Å². The molecule has 3 heterocycles. The van der Waals surface area contributed by atoms with Gasteiger partial charge in [0.2, 0.25) is 5.91 Å². The van der Waals surface area contributed by atoms with Gasteiger partial charge < -0.3 is 9.42 Å². The summed E-state index contributed by atoms with van der Waals surface area (Å²) >= 11 is 0. The van der Waals surface area contributed by atoms with Crippen LogP contribution in [0.15, 0.2) is 10.7 Å². The van der Waals surface area contributed by atoms with Crippen molar-refractivity contribution in [2.45, 2.75) is 66.8 Å². The first kappa shape index (κ1) is 18.5. The average Bonchev–Trinajstić information content (AvgIpc) is 3.14. The zero-order valence-electron chi connectivity index (χ0n) is 16.6. The minimum atomic E-state index is -0.0358. The summed E-state index contributed by atoms with van der Waals surface area (Å²) < 4.78 is 5.56. The molecule has 6 nitrogen and oxygen atoms in total. The molecule has 2 aromatic heterocycles. The van der Waals surface area contributed by atoms with Crippen molar-refractivity contribution in [2.75, 3.05) is 6.54 Å². The lowest BCUT2D eigenvalue weighted by molar-refractivity contribution is -0.134. The Hall–Kier alpha value is -2.24. The van der Waals surface area contributed by atoms with Crippen molar-refractivity contribution in [3.8, 4) is 11.3 Å². The molecule has 1 aliphatic heterocycles. The molecule has 0 unspecified atom stereocenters. The fourth-order valence-electron chi connectivity index (χ4n) is 3.49. The van der Waals surface area contributed by atoms with Gasteiger partial charge in [-0.15, -0.1) is 0 Å². The number of hydrogen-bond acceptors (Lipinski definition) is 5. The van der Waals surface area contributed by atoms with Gasteiger partial charge in [-0.2, -0.15) is 0 Å². The number of likely N-dealkylation sites (tertiary alicyclic amines) is 1. The van der Waals surface area contributed by atoms with Gasteiger partial charge in [0.1, 0.15) is 5.82 Å². The molecule has 0 aromatic carbocycles. The first-order valence-electron chi connectivity index (χ1n) is 9.23. The van der Waals surface area contributed by atoms with E-state index in [1.165, 1.54) is 0 Å². The van der Waals surface area contributed by atoms with Gasteiger partial charge in [0, 0.05) is 24.7 Å². The number of carbonyl (C=O) groups is 1. The first-order chi connectivity index (χ1) is 12.2. The van der Waals surface area contributed by atoms with Gasteiger partial charge >= 0.3 is 0 Å². The van der Waals surface area contributed by atoms with Gasteiger partial charge in [0.15, 0.2) is 5.76 Å². The Balaban J connectivity index is 2.01. The van der Waals surface area contributed by atoms with E-state index < -0.39 is 0 Å². The van der Waals surface area contributed by atoms with Crippen LogP contribution in [0.3, 0.4) is 0 Å². The van der Waals surface area contributed by atoms with Gasteiger partial charge in [0.05, 0.1) is 23.0 Å². The van der Waals surface area contributed by atoms with Crippen LogP contribution >= 0.6 is 0 Å². The van der Waals surface area contributed by atoms with E-state index in [1.807, 2.05) is 25.7 Å². The van der Waals surface area contributed by atoms with E-state index in [-0.39, 0.29) is 17.4 Å². The topological polar surface area (TPSA) is 72.1 Å². The molecular weight excluding hydrogens is 328 g/mol. The molecule has 26 heavy (non-hydrogen) atoms. The van der Waals surface area contributed by atoms with Crippen LogP contribution < -0.4 is 0 Å². The van der Waals surface area contributed by atoms with Crippen LogP contribution in [0.4, 0.5) is 0 Å². The summed E-state index contributed by atoms with van der Waals surface area (Å²) in [5.41, 5.74) is 3.53. The van der Waals surface area contributed by atoms with Crippen molar-refractivity contribution >= 4 is 5.91 Å². The zero-order valence-corrected chi connectivity index (χ0v) is 16.6. The number of rotatable bonds is 3. The van der Waals surface area contributed by atoms with Gasteiger partial charge in [-0.1, -0.05) is 25.9 Å². The number of hydrogen-bond donors (Lipinski definition) is 0. The van der Waals surface area contributed by atoms with E-state index >= 15 is 0 Å². The summed E-state index contributed by atoms with van der Waals surface area (Å²) in [5.74, 6) is 1.59. The summed E-state index contributed by atoms with van der Waals surface area (Å²) in [6.07, 6.45) is 4.22. The van der Waals surface area contributed by atoms with Crippen molar-refractivity contribution in [1.29, 1.82) is 0 Å². The van der Waals surface area contributed by atoms with Crippen LogP contribution in [-0.2, 0) is 4.79 Å². The lowest BCUT2D eigenvalue weighted by atomic mass is 9.91. The Morgan fingerprint density at radius 1 is 1.31 bits per heavy atom. The number of amides is 1. The van der Waals surface area contributed by atoms with Gasteiger partial charge in [-0.3, -0.25) is 4.79 Å². The van der Waals surface area contributed by atoms with Crippen LogP contribution in [0, 0.1) is 26.2 Å². The molecule has 1 amide bonds. The normalized spacial score (nSPS) is 17.8. The highest BCUT2D eigenvalue weighted by molar-refractivity contribution is 5.78.